The van der Waals surface area contributed by atoms with E-state index in [1.807, 2.05) is 0 Å². The van der Waals surface area contributed by atoms with E-state index in [0.29, 0.717) is 6.54 Å². The number of hydrazone groups is 1. The Morgan fingerprint density at radius 2 is 2.33 bits per heavy atom. The van der Waals surface area contributed by atoms with Crippen LogP contribution in [0.2, 0.25) is 0 Å². The van der Waals surface area contributed by atoms with Crippen LogP contribution in [0.4, 0.5) is 0 Å². The largest absolute Gasteiger partial charge is 0.325 e. The van der Waals surface area contributed by atoms with Crippen molar-refractivity contribution in [3.63, 3.8) is 0 Å². The zero-order valence-corrected chi connectivity index (χ0v) is 3.81. The standard InChI is InChI=1S/C3H9N3/c1-3(2-4)6-5/h2,4-5H2,1H3. The summed E-state index contributed by atoms with van der Waals surface area (Å²) in [5.41, 5.74) is 5.84. The lowest BCUT2D eigenvalue weighted by atomic mass is 10.4. The molecule has 0 rings (SSSR count). The Bertz CT molecular complexity index is 57.1. The molecule has 36 valence electrons. The summed E-state index contributed by atoms with van der Waals surface area (Å²) in [4.78, 5) is 0. The number of nitrogens with zero attached hydrogens (tertiary/aromatic N) is 1. The quantitative estimate of drug-likeness (QED) is 0.252. The van der Waals surface area contributed by atoms with E-state index in [-0.39, 0.29) is 0 Å². The minimum atomic E-state index is 0.455. The minimum absolute atomic E-state index is 0.455. The molecule has 0 amide bonds. The smallest absolute Gasteiger partial charge is 0.0480 e. The molecule has 0 aromatic heterocycles. The first-order valence-electron chi connectivity index (χ1n) is 1.74. The van der Waals surface area contributed by atoms with Crippen LogP contribution in [0, 0.1) is 0 Å². The average molecular weight is 87.1 g/mol. The maximum absolute atomic E-state index is 5.07. The van der Waals surface area contributed by atoms with Crippen molar-refractivity contribution in [2.24, 2.45) is 16.7 Å². The summed E-state index contributed by atoms with van der Waals surface area (Å²) in [5, 5.41) is 3.30. The molecule has 4 N–H and O–H groups in total. The molecule has 0 aromatic rings. The highest BCUT2D eigenvalue weighted by Gasteiger charge is 1.76. The molecule has 0 unspecified atom stereocenters. The van der Waals surface area contributed by atoms with Crippen LogP contribution in [0.25, 0.3) is 0 Å². The number of rotatable bonds is 1. The monoisotopic (exact) mass is 87.1 g/mol. The predicted molar refractivity (Wildman–Crippen MR) is 26.4 cm³/mol. The number of hydrogen-bond acceptors (Lipinski definition) is 3. The zero-order chi connectivity index (χ0) is 4.99. The van der Waals surface area contributed by atoms with Crippen LogP contribution in [-0.2, 0) is 0 Å². The molecule has 0 aliphatic rings. The molecule has 0 heterocycles. The summed E-state index contributed by atoms with van der Waals surface area (Å²) in [6.07, 6.45) is 0. The molecule has 6 heavy (non-hydrogen) atoms. The van der Waals surface area contributed by atoms with Gasteiger partial charge in [0.05, 0.1) is 0 Å². The van der Waals surface area contributed by atoms with Crippen molar-refractivity contribution in [1.29, 1.82) is 0 Å². The molecule has 0 aliphatic heterocycles. The van der Waals surface area contributed by atoms with Gasteiger partial charge in [-0.15, -0.1) is 0 Å². The Balaban J connectivity index is 3.22. The fourth-order valence-corrected chi connectivity index (χ4v) is 0.0527. The van der Waals surface area contributed by atoms with Gasteiger partial charge < -0.3 is 11.6 Å². The van der Waals surface area contributed by atoms with Crippen LogP contribution in [0.3, 0.4) is 0 Å². The molecule has 0 fully saturated rings. The average Bonchev–Trinajstić information content (AvgIpc) is 1.65. The topological polar surface area (TPSA) is 64.4 Å². The van der Waals surface area contributed by atoms with Crippen LogP contribution in [0.5, 0.6) is 0 Å². The van der Waals surface area contributed by atoms with E-state index in [9.17, 15) is 0 Å². The third kappa shape index (κ3) is 1.72. The van der Waals surface area contributed by atoms with Gasteiger partial charge in [0, 0.05) is 12.3 Å². The second-order valence-electron chi connectivity index (χ2n) is 1.07. The highest BCUT2D eigenvalue weighted by Crippen LogP contribution is 1.60. The van der Waals surface area contributed by atoms with Crippen LogP contribution in [0.1, 0.15) is 6.92 Å². The van der Waals surface area contributed by atoms with Gasteiger partial charge in [-0.2, -0.15) is 5.10 Å². The first-order valence-corrected chi connectivity index (χ1v) is 1.74. The summed E-state index contributed by atoms with van der Waals surface area (Å²) in [6.45, 7) is 2.23. The predicted octanol–water partition coefficient (Wildman–Crippen LogP) is -0.720. The van der Waals surface area contributed by atoms with Crippen molar-refractivity contribution in [2.45, 2.75) is 6.92 Å². The van der Waals surface area contributed by atoms with Gasteiger partial charge in [-0.25, -0.2) is 0 Å². The molecular formula is C3H9N3. The van der Waals surface area contributed by atoms with Gasteiger partial charge in [0.1, 0.15) is 0 Å². The van der Waals surface area contributed by atoms with E-state index >= 15 is 0 Å². The summed E-state index contributed by atoms with van der Waals surface area (Å²) < 4.78 is 0. The van der Waals surface area contributed by atoms with E-state index in [1.54, 1.807) is 6.92 Å². The van der Waals surface area contributed by atoms with Crippen LogP contribution in [0.15, 0.2) is 5.10 Å². The molecule has 0 spiro atoms. The van der Waals surface area contributed by atoms with Gasteiger partial charge in [0.2, 0.25) is 0 Å². The molecule has 0 saturated carbocycles. The SMILES string of the molecule is CC(CN)=NN. The Morgan fingerprint density at radius 3 is 2.33 bits per heavy atom. The fourth-order valence-electron chi connectivity index (χ4n) is 0.0527. The van der Waals surface area contributed by atoms with Crippen LogP contribution in [-0.4, -0.2) is 12.3 Å². The summed E-state index contributed by atoms with van der Waals surface area (Å²) in [7, 11) is 0. The highest BCUT2D eigenvalue weighted by molar-refractivity contribution is 5.83. The normalized spacial score (nSPS) is 12.0. The minimum Gasteiger partial charge on any atom is -0.325 e. The van der Waals surface area contributed by atoms with E-state index in [1.165, 1.54) is 0 Å². The van der Waals surface area contributed by atoms with E-state index < -0.39 is 0 Å². The van der Waals surface area contributed by atoms with Crippen molar-refractivity contribution >= 4 is 5.71 Å². The first-order chi connectivity index (χ1) is 2.81. The van der Waals surface area contributed by atoms with Crippen molar-refractivity contribution in [3.05, 3.63) is 0 Å². The van der Waals surface area contributed by atoms with Gasteiger partial charge in [-0.1, -0.05) is 0 Å². The Hall–Kier alpha value is -0.570. The van der Waals surface area contributed by atoms with Gasteiger partial charge in [-0.3, -0.25) is 0 Å². The molecule has 0 radical (unpaired) electrons. The van der Waals surface area contributed by atoms with Crippen molar-refractivity contribution in [2.75, 3.05) is 6.54 Å². The Morgan fingerprint density at radius 1 is 1.83 bits per heavy atom. The van der Waals surface area contributed by atoms with Crippen molar-refractivity contribution in [1.82, 2.24) is 0 Å². The molecular weight excluding hydrogens is 78.1 g/mol. The van der Waals surface area contributed by atoms with E-state index in [0.717, 1.165) is 5.71 Å². The summed E-state index contributed by atoms with van der Waals surface area (Å²) in [5.74, 6) is 4.79. The van der Waals surface area contributed by atoms with Gasteiger partial charge >= 0.3 is 0 Å². The Kier molecular flexibility index (Phi) is 2.40. The van der Waals surface area contributed by atoms with Crippen molar-refractivity contribution < 1.29 is 0 Å². The summed E-state index contributed by atoms with van der Waals surface area (Å²) >= 11 is 0. The fraction of sp³-hybridized carbons (Fsp3) is 0.667. The lowest BCUT2D eigenvalue weighted by molar-refractivity contribution is 1.18. The lowest BCUT2D eigenvalue weighted by Crippen LogP contribution is -2.11. The van der Waals surface area contributed by atoms with Gasteiger partial charge in [0.25, 0.3) is 0 Å². The maximum atomic E-state index is 5.07. The second kappa shape index (κ2) is 2.66. The van der Waals surface area contributed by atoms with Gasteiger partial charge in [-0.05, 0) is 6.92 Å². The molecule has 0 atom stereocenters. The molecule has 3 heteroatoms. The zero-order valence-electron chi connectivity index (χ0n) is 3.81. The number of hydrogen-bond donors (Lipinski definition) is 2. The molecule has 0 bridgehead atoms. The highest BCUT2D eigenvalue weighted by atomic mass is 15.1. The first kappa shape index (κ1) is 5.43. The van der Waals surface area contributed by atoms with E-state index in [4.69, 9.17) is 11.6 Å². The third-order valence-corrected chi connectivity index (χ3v) is 0.516. The second-order valence-corrected chi connectivity index (χ2v) is 1.07. The Labute approximate surface area is 37.0 Å². The third-order valence-electron chi connectivity index (χ3n) is 0.516. The lowest BCUT2D eigenvalue weighted by Gasteiger charge is -1.84. The number of nitrogens with two attached hydrogens (primary N) is 2. The molecule has 0 aliphatic carbocycles. The van der Waals surface area contributed by atoms with Crippen molar-refractivity contribution in [3.8, 4) is 0 Å². The van der Waals surface area contributed by atoms with E-state index in [2.05, 4.69) is 5.10 Å². The summed E-state index contributed by atoms with van der Waals surface area (Å²) in [6, 6.07) is 0. The van der Waals surface area contributed by atoms with Gasteiger partial charge in [0.15, 0.2) is 0 Å². The molecule has 0 saturated heterocycles. The van der Waals surface area contributed by atoms with Crippen LogP contribution < -0.4 is 11.6 Å². The molecule has 3 nitrogen and oxygen atoms in total. The van der Waals surface area contributed by atoms with Crippen LogP contribution >= 0.6 is 0 Å². The maximum Gasteiger partial charge on any atom is 0.0480 e. The molecule has 0 aromatic carbocycles.